The number of carbonyl (C=O) groups is 2. The molecule has 0 saturated carbocycles. The molecule has 0 amide bonds. The highest BCUT2D eigenvalue weighted by Crippen LogP contribution is 2.38. The molecule has 52 heavy (non-hydrogen) atoms. The molecule has 0 heterocycles. The molecule has 1 unspecified atom stereocenters. The van der Waals surface area contributed by atoms with Crippen LogP contribution in [0.1, 0.15) is 142 Å². The Morgan fingerprint density at radius 2 is 1.10 bits per heavy atom. The summed E-state index contributed by atoms with van der Waals surface area (Å²) in [5.41, 5.74) is 0. The number of allylic oxidation sites excluding steroid dienone is 10. The summed E-state index contributed by atoms with van der Waals surface area (Å²) in [5.74, 6) is -0.909. The molecule has 0 rings (SSSR count). The maximum absolute atomic E-state index is 12.6. The van der Waals surface area contributed by atoms with E-state index in [0.717, 1.165) is 64.2 Å². The van der Waals surface area contributed by atoms with Gasteiger partial charge in [0.1, 0.15) is 19.8 Å². The molecule has 0 aliphatic rings. The second kappa shape index (κ2) is 34.5. The van der Waals surface area contributed by atoms with E-state index in [1.54, 1.807) is 0 Å². The number of hydrogen-bond acceptors (Lipinski definition) is 8. The van der Waals surface area contributed by atoms with Gasteiger partial charge in [0.25, 0.3) is 7.82 Å². The van der Waals surface area contributed by atoms with E-state index in [1.807, 2.05) is 21.1 Å². The second-order valence-electron chi connectivity index (χ2n) is 14.3. The van der Waals surface area contributed by atoms with Crippen LogP contribution in [0.4, 0.5) is 0 Å². The molecule has 10 heteroatoms. The summed E-state index contributed by atoms with van der Waals surface area (Å²) < 4.78 is 33.7. The number of phosphoric acid groups is 1. The molecule has 9 nitrogen and oxygen atoms in total. The third-order valence-electron chi connectivity index (χ3n) is 8.02. The number of likely N-dealkylation sites (N-methyl/N-ethyl adjacent to an activating group) is 1. The Bertz CT molecular complexity index is 1080. The Balaban J connectivity index is 4.53. The fraction of sp³-hybridized carbons (Fsp3) is 0.714. The van der Waals surface area contributed by atoms with Crippen molar-refractivity contribution in [1.82, 2.24) is 0 Å². The summed E-state index contributed by atoms with van der Waals surface area (Å²) in [6, 6.07) is 0. The van der Waals surface area contributed by atoms with Crippen molar-refractivity contribution in [1.29, 1.82) is 0 Å². The molecular weight excluding hydrogens is 677 g/mol. The van der Waals surface area contributed by atoms with Crippen molar-refractivity contribution in [3.05, 3.63) is 60.8 Å². The van der Waals surface area contributed by atoms with Gasteiger partial charge in [0.2, 0.25) is 0 Å². The lowest BCUT2D eigenvalue weighted by molar-refractivity contribution is -0.870. The van der Waals surface area contributed by atoms with Crippen LogP contribution in [-0.2, 0) is 32.7 Å². The number of esters is 2. The van der Waals surface area contributed by atoms with Gasteiger partial charge in [-0.15, -0.1) is 0 Å². The number of unbranched alkanes of at least 4 members (excludes halogenated alkanes) is 11. The van der Waals surface area contributed by atoms with Crippen molar-refractivity contribution in [2.45, 2.75) is 148 Å². The first-order valence-electron chi connectivity index (χ1n) is 20.0. The topological polar surface area (TPSA) is 111 Å². The third-order valence-corrected chi connectivity index (χ3v) is 8.99. The Morgan fingerprint density at radius 1 is 0.615 bits per heavy atom. The zero-order valence-corrected chi connectivity index (χ0v) is 34.4. The lowest BCUT2D eigenvalue weighted by Crippen LogP contribution is -2.37. The average molecular weight is 752 g/mol. The van der Waals surface area contributed by atoms with Gasteiger partial charge < -0.3 is 27.9 Å². The van der Waals surface area contributed by atoms with Crippen LogP contribution in [-0.4, -0.2) is 70.0 Å². The maximum atomic E-state index is 12.6. The van der Waals surface area contributed by atoms with E-state index >= 15 is 0 Å². The zero-order valence-electron chi connectivity index (χ0n) is 33.5. The van der Waals surface area contributed by atoms with Crippen LogP contribution in [0.2, 0.25) is 0 Å². The average Bonchev–Trinajstić information content (AvgIpc) is 3.09. The molecule has 0 aliphatic carbocycles. The summed E-state index contributed by atoms with van der Waals surface area (Å²) in [6.07, 6.45) is 39.7. The quantitative estimate of drug-likeness (QED) is 0.0207. The van der Waals surface area contributed by atoms with Gasteiger partial charge in [-0.3, -0.25) is 14.2 Å². The molecule has 0 fully saturated rings. The maximum Gasteiger partial charge on any atom is 0.306 e. The molecule has 0 spiro atoms. The highest BCUT2D eigenvalue weighted by atomic mass is 31.2. The Labute approximate surface area is 317 Å². The third kappa shape index (κ3) is 37.5. The van der Waals surface area contributed by atoms with Crippen LogP contribution >= 0.6 is 7.82 Å². The van der Waals surface area contributed by atoms with E-state index in [-0.39, 0.29) is 26.1 Å². The van der Waals surface area contributed by atoms with E-state index in [9.17, 15) is 19.0 Å². The van der Waals surface area contributed by atoms with Crippen molar-refractivity contribution < 1.29 is 42.1 Å². The van der Waals surface area contributed by atoms with Gasteiger partial charge in [0.15, 0.2) is 6.10 Å². The molecule has 0 aromatic rings. The van der Waals surface area contributed by atoms with E-state index in [0.29, 0.717) is 23.9 Å². The lowest BCUT2D eigenvalue weighted by atomic mass is 10.1. The predicted molar refractivity (Wildman–Crippen MR) is 213 cm³/mol. The minimum Gasteiger partial charge on any atom is -0.756 e. The fourth-order valence-corrected chi connectivity index (χ4v) is 5.60. The molecule has 0 aromatic carbocycles. The van der Waals surface area contributed by atoms with E-state index in [2.05, 4.69) is 74.6 Å². The summed E-state index contributed by atoms with van der Waals surface area (Å²) in [7, 11) is 1.12. The lowest BCUT2D eigenvalue weighted by Gasteiger charge is -2.28. The number of rotatable bonds is 35. The number of phosphoric ester groups is 1. The van der Waals surface area contributed by atoms with Crippen molar-refractivity contribution >= 4 is 19.8 Å². The minimum atomic E-state index is -4.64. The van der Waals surface area contributed by atoms with Gasteiger partial charge >= 0.3 is 11.9 Å². The standard InChI is InChI=1S/C42H74NO8P/c1-6-8-10-12-14-16-18-20-21-23-25-27-29-31-33-35-42(45)51-40(39-50-52(46,47)49-37-36-43(3,4)5)38-48-41(44)34-32-30-28-26-24-22-19-17-15-13-11-9-7-2/h8,10,14,16,20-22,24-25,27,40H,6-7,9,11-13,15,17-19,23,26,28-39H2,1-5H3/b10-8+,16-14+,21-20+,24-22+,27-25+/t40-/m1/s1. The molecule has 2 atom stereocenters. The van der Waals surface area contributed by atoms with Crippen molar-refractivity contribution in [3.63, 3.8) is 0 Å². The molecular formula is C42H74NO8P. The molecule has 0 aromatic heterocycles. The molecule has 0 bridgehead atoms. The zero-order chi connectivity index (χ0) is 38.6. The molecule has 0 aliphatic heterocycles. The highest BCUT2D eigenvalue weighted by Gasteiger charge is 2.21. The van der Waals surface area contributed by atoms with Crippen LogP contribution in [0.3, 0.4) is 0 Å². The minimum absolute atomic E-state index is 0.0437. The summed E-state index contributed by atoms with van der Waals surface area (Å²) in [6.45, 7) is 4.01. The second-order valence-corrected chi connectivity index (χ2v) is 15.7. The van der Waals surface area contributed by atoms with Gasteiger partial charge in [-0.1, -0.05) is 113 Å². The number of hydrogen-bond donors (Lipinski definition) is 0. The summed E-state index contributed by atoms with van der Waals surface area (Å²) in [4.78, 5) is 37.4. The van der Waals surface area contributed by atoms with Crippen LogP contribution in [0.15, 0.2) is 60.8 Å². The van der Waals surface area contributed by atoms with Crippen LogP contribution in [0, 0.1) is 0 Å². The predicted octanol–water partition coefficient (Wildman–Crippen LogP) is 10.3. The van der Waals surface area contributed by atoms with Crippen LogP contribution in [0.5, 0.6) is 0 Å². The SMILES string of the molecule is CC/C=C/C/C=C/C/C=C/C/C=C/CCCCC(=O)O[C@H](COC(=O)CCCCC/C=C/CCCCCCCC)COP(=O)([O-])OCC[N+](C)(C)C. The number of ether oxygens (including phenoxy) is 2. The highest BCUT2D eigenvalue weighted by molar-refractivity contribution is 7.45. The first kappa shape index (κ1) is 49.7. The first-order valence-corrected chi connectivity index (χ1v) is 21.5. The van der Waals surface area contributed by atoms with Gasteiger partial charge in [-0.2, -0.15) is 0 Å². The van der Waals surface area contributed by atoms with E-state index in [4.69, 9.17) is 18.5 Å². The van der Waals surface area contributed by atoms with Gasteiger partial charge in [-0.05, 0) is 77.0 Å². The Kier molecular flexibility index (Phi) is 33.0. The van der Waals surface area contributed by atoms with Crippen LogP contribution < -0.4 is 4.89 Å². The summed E-state index contributed by atoms with van der Waals surface area (Å²) in [5, 5.41) is 0. The molecule has 0 N–H and O–H groups in total. The van der Waals surface area contributed by atoms with E-state index < -0.39 is 32.5 Å². The molecule has 300 valence electrons. The van der Waals surface area contributed by atoms with Crippen LogP contribution in [0.25, 0.3) is 0 Å². The largest absolute Gasteiger partial charge is 0.756 e. The van der Waals surface area contributed by atoms with Gasteiger partial charge in [0, 0.05) is 12.8 Å². The summed E-state index contributed by atoms with van der Waals surface area (Å²) >= 11 is 0. The number of carbonyl (C=O) groups excluding carboxylic acids is 2. The van der Waals surface area contributed by atoms with Crippen molar-refractivity contribution in [3.8, 4) is 0 Å². The van der Waals surface area contributed by atoms with Gasteiger partial charge in [0.05, 0.1) is 27.7 Å². The normalized spacial score (nSPS) is 14.3. The molecule has 0 saturated heterocycles. The number of quaternary nitrogens is 1. The van der Waals surface area contributed by atoms with Gasteiger partial charge in [-0.25, -0.2) is 0 Å². The van der Waals surface area contributed by atoms with Crippen molar-refractivity contribution in [2.75, 3.05) is 47.5 Å². The van der Waals surface area contributed by atoms with E-state index in [1.165, 1.54) is 38.5 Å². The fourth-order valence-electron chi connectivity index (χ4n) is 4.87. The number of nitrogens with zero attached hydrogens (tertiary/aromatic N) is 1. The molecule has 0 radical (unpaired) electrons. The Hall–Kier alpha value is -2.29. The smallest absolute Gasteiger partial charge is 0.306 e. The van der Waals surface area contributed by atoms with Crippen molar-refractivity contribution in [2.24, 2.45) is 0 Å². The first-order chi connectivity index (χ1) is 25.0. The monoisotopic (exact) mass is 752 g/mol. The Morgan fingerprint density at radius 3 is 1.69 bits per heavy atom.